The molecule has 3 heterocycles. The van der Waals surface area contributed by atoms with Crippen molar-refractivity contribution < 1.29 is 24.5 Å². The van der Waals surface area contributed by atoms with E-state index in [2.05, 4.69) is 20.3 Å². The predicted molar refractivity (Wildman–Crippen MR) is 107 cm³/mol. The highest BCUT2D eigenvalue weighted by molar-refractivity contribution is 7.17. The van der Waals surface area contributed by atoms with Crippen LogP contribution in [0.4, 0.5) is 5.13 Å². The van der Waals surface area contributed by atoms with E-state index in [-0.39, 0.29) is 39.6 Å². The lowest BCUT2D eigenvalue weighted by atomic mass is 10.0. The van der Waals surface area contributed by atoms with Gasteiger partial charge in [0.1, 0.15) is 4.88 Å². The number of carbonyl (C=O) groups excluding carboxylic acids is 1. The number of aromatic nitrogens is 3. The molecule has 3 rings (SSSR count). The van der Waals surface area contributed by atoms with Gasteiger partial charge in [-0.1, -0.05) is 29.9 Å². The minimum atomic E-state index is -1.12. The standard InChI is InChI=1S/C17H22ClN5O5S/c1-3-8-13(18)22-14(19-8)15(25)20-9-4-5-23(6-11(9)28-2)17-21-10(7-24)12(29-17)16(26)27/h9,11,24H,3-7H2,1-2H3,(H,19,22)(H,20,25)(H,26,27)/t9-,11+/m0/s1. The molecule has 2 atom stereocenters. The van der Waals surface area contributed by atoms with Crippen LogP contribution in [-0.2, 0) is 17.8 Å². The van der Waals surface area contributed by atoms with E-state index in [9.17, 15) is 19.8 Å². The van der Waals surface area contributed by atoms with Crippen LogP contribution in [0.2, 0.25) is 5.15 Å². The first-order chi connectivity index (χ1) is 13.9. The summed E-state index contributed by atoms with van der Waals surface area (Å²) in [6.07, 6.45) is 0.870. The highest BCUT2D eigenvalue weighted by Crippen LogP contribution is 2.29. The van der Waals surface area contributed by atoms with Crippen molar-refractivity contribution in [1.82, 2.24) is 20.3 Å². The number of nitrogens with one attached hydrogen (secondary N) is 2. The van der Waals surface area contributed by atoms with Crippen molar-refractivity contribution in [2.45, 2.75) is 38.5 Å². The number of ether oxygens (including phenoxy) is 1. The van der Waals surface area contributed by atoms with Crippen molar-refractivity contribution >= 4 is 39.9 Å². The Morgan fingerprint density at radius 1 is 1.45 bits per heavy atom. The lowest BCUT2D eigenvalue weighted by molar-refractivity contribution is 0.0538. The molecule has 0 unspecified atom stereocenters. The van der Waals surface area contributed by atoms with Gasteiger partial charge in [-0.25, -0.2) is 14.8 Å². The Bertz CT molecular complexity index is 901. The first-order valence-electron chi connectivity index (χ1n) is 9.04. The first kappa shape index (κ1) is 21.5. The monoisotopic (exact) mass is 443 g/mol. The Hall–Kier alpha value is -2.21. The topological polar surface area (TPSA) is 141 Å². The van der Waals surface area contributed by atoms with E-state index in [4.69, 9.17) is 16.3 Å². The lowest BCUT2D eigenvalue weighted by Crippen LogP contribution is -2.55. The van der Waals surface area contributed by atoms with Gasteiger partial charge in [-0.2, -0.15) is 0 Å². The zero-order valence-electron chi connectivity index (χ0n) is 15.9. The number of halogens is 1. The zero-order chi connectivity index (χ0) is 21.1. The quantitative estimate of drug-likeness (QED) is 0.501. The number of aliphatic hydroxyl groups is 1. The summed E-state index contributed by atoms with van der Waals surface area (Å²) in [5, 5.41) is 22.3. The average Bonchev–Trinajstić information content (AvgIpc) is 3.31. The van der Waals surface area contributed by atoms with E-state index in [0.29, 0.717) is 36.8 Å². The van der Waals surface area contributed by atoms with E-state index in [1.807, 2.05) is 11.8 Å². The number of amides is 1. The third-order valence-corrected chi connectivity index (χ3v) is 6.23. The number of carbonyl (C=O) groups is 2. The van der Waals surface area contributed by atoms with E-state index < -0.39 is 12.6 Å². The number of aliphatic hydroxyl groups excluding tert-OH is 1. The molecule has 10 nitrogen and oxygen atoms in total. The molecular formula is C17H22ClN5O5S. The van der Waals surface area contributed by atoms with Gasteiger partial charge < -0.3 is 30.2 Å². The van der Waals surface area contributed by atoms with Crippen LogP contribution in [0.25, 0.3) is 0 Å². The van der Waals surface area contributed by atoms with Gasteiger partial charge in [0, 0.05) is 20.2 Å². The summed E-state index contributed by atoms with van der Waals surface area (Å²) in [7, 11) is 1.55. The fraction of sp³-hybridized carbons (Fsp3) is 0.529. The smallest absolute Gasteiger partial charge is 0.347 e. The number of aromatic carboxylic acids is 1. The summed E-state index contributed by atoms with van der Waals surface area (Å²) in [5.74, 6) is -1.33. The van der Waals surface area contributed by atoms with Crippen LogP contribution in [0.1, 0.15) is 45.0 Å². The van der Waals surface area contributed by atoms with Crippen molar-refractivity contribution in [1.29, 1.82) is 0 Å². The molecule has 0 aromatic carbocycles. The molecule has 12 heteroatoms. The molecule has 0 saturated carbocycles. The molecule has 1 amide bonds. The largest absolute Gasteiger partial charge is 0.477 e. The fourth-order valence-electron chi connectivity index (χ4n) is 3.21. The van der Waals surface area contributed by atoms with Crippen LogP contribution in [0.3, 0.4) is 0 Å². The molecule has 0 spiro atoms. The van der Waals surface area contributed by atoms with Gasteiger partial charge in [0.2, 0.25) is 0 Å². The summed E-state index contributed by atoms with van der Waals surface area (Å²) in [4.78, 5) is 37.0. The van der Waals surface area contributed by atoms with E-state index >= 15 is 0 Å². The molecule has 158 valence electrons. The van der Waals surface area contributed by atoms with Gasteiger partial charge in [0.05, 0.1) is 30.1 Å². The second-order valence-corrected chi connectivity index (χ2v) is 7.87. The molecule has 0 radical (unpaired) electrons. The number of hydrogen-bond donors (Lipinski definition) is 4. The maximum atomic E-state index is 12.5. The molecule has 4 N–H and O–H groups in total. The lowest BCUT2D eigenvalue weighted by Gasteiger charge is -2.37. The number of piperidine rings is 1. The molecule has 1 saturated heterocycles. The van der Waals surface area contributed by atoms with Gasteiger partial charge in [0.15, 0.2) is 16.1 Å². The average molecular weight is 444 g/mol. The normalized spacial score (nSPS) is 19.4. The second kappa shape index (κ2) is 9.08. The molecule has 2 aromatic rings. The minimum absolute atomic E-state index is 0.0216. The Morgan fingerprint density at radius 2 is 2.21 bits per heavy atom. The predicted octanol–water partition coefficient (Wildman–Crippen LogP) is 1.30. The molecule has 0 aliphatic carbocycles. The van der Waals surface area contributed by atoms with Crippen LogP contribution >= 0.6 is 22.9 Å². The number of aromatic amines is 1. The van der Waals surface area contributed by atoms with E-state index in [0.717, 1.165) is 11.3 Å². The van der Waals surface area contributed by atoms with E-state index in [1.165, 1.54) is 0 Å². The SMILES string of the molecule is CCc1[nH]c(C(=O)N[C@H]2CCN(c3nc(CO)c(C(=O)O)s3)C[C@H]2OC)nc1Cl. The van der Waals surface area contributed by atoms with Crippen LogP contribution in [-0.4, -0.2) is 69.4 Å². The number of rotatable bonds is 7. The highest BCUT2D eigenvalue weighted by atomic mass is 35.5. The Morgan fingerprint density at radius 3 is 2.76 bits per heavy atom. The molecule has 0 bridgehead atoms. The number of carboxylic acid groups (broad SMARTS) is 1. The molecule has 2 aromatic heterocycles. The van der Waals surface area contributed by atoms with Crippen LogP contribution in [0.5, 0.6) is 0 Å². The summed E-state index contributed by atoms with van der Waals surface area (Å²) >= 11 is 7.02. The molecule has 1 fully saturated rings. The van der Waals surface area contributed by atoms with Gasteiger partial charge in [-0.15, -0.1) is 0 Å². The van der Waals surface area contributed by atoms with Crippen LogP contribution in [0, 0.1) is 0 Å². The Labute approximate surface area is 175 Å². The number of carboxylic acids is 1. The van der Waals surface area contributed by atoms with Gasteiger partial charge in [-0.3, -0.25) is 4.79 Å². The number of H-pyrrole nitrogens is 1. The third kappa shape index (κ3) is 4.53. The summed E-state index contributed by atoms with van der Waals surface area (Å²) in [6.45, 7) is 2.43. The Balaban J connectivity index is 1.69. The molecule has 1 aliphatic rings. The van der Waals surface area contributed by atoms with Crippen molar-refractivity contribution in [3.05, 3.63) is 27.2 Å². The summed E-state index contributed by atoms with van der Waals surface area (Å²) < 4.78 is 5.55. The number of nitrogens with zero attached hydrogens (tertiary/aromatic N) is 3. The number of aryl methyl sites for hydroxylation is 1. The van der Waals surface area contributed by atoms with Crippen LogP contribution < -0.4 is 10.2 Å². The molecular weight excluding hydrogens is 422 g/mol. The van der Waals surface area contributed by atoms with Crippen molar-refractivity contribution in [3.63, 3.8) is 0 Å². The first-order valence-corrected chi connectivity index (χ1v) is 10.2. The zero-order valence-corrected chi connectivity index (χ0v) is 17.5. The second-order valence-electron chi connectivity index (χ2n) is 6.53. The maximum Gasteiger partial charge on any atom is 0.347 e. The number of thiazole rings is 1. The number of imidazole rings is 1. The maximum absolute atomic E-state index is 12.5. The van der Waals surface area contributed by atoms with Crippen molar-refractivity contribution in [2.75, 3.05) is 25.1 Å². The molecule has 1 aliphatic heterocycles. The van der Waals surface area contributed by atoms with Gasteiger partial charge in [-0.05, 0) is 12.8 Å². The Kier molecular flexibility index (Phi) is 6.73. The van der Waals surface area contributed by atoms with Crippen molar-refractivity contribution in [2.24, 2.45) is 0 Å². The highest BCUT2D eigenvalue weighted by Gasteiger charge is 2.33. The number of hydrogen-bond acceptors (Lipinski definition) is 8. The minimum Gasteiger partial charge on any atom is -0.477 e. The van der Waals surface area contributed by atoms with Gasteiger partial charge >= 0.3 is 5.97 Å². The molecule has 29 heavy (non-hydrogen) atoms. The van der Waals surface area contributed by atoms with E-state index in [1.54, 1.807) is 7.11 Å². The number of methoxy groups -OCH3 is 1. The van der Waals surface area contributed by atoms with Crippen LogP contribution in [0.15, 0.2) is 0 Å². The fourth-order valence-corrected chi connectivity index (χ4v) is 4.42. The van der Waals surface area contributed by atoms with Gasteiger partial charge in [0.25, 0.3) is 5.91 Å². The third-order valence-electron chi connectivity index (χ3n) is 4.78. The number of anilines is 1. The van der Waals surface area contributed by atoms with Crippen molar-refractivity contribution in [3.8, 4) is 0 Å². The summed E-state index contributed by atoms with van der Waals surface area (Å²) in [5.41, 5.74) is 0.843. The summed E-state index contributed by atoms with van der Waals surface area (Å²) in [6, 6.07) is -0.256.